The van der Waals surface area contributed by atoms with E-state index < -0.39 is 0 Å². The minimum atomic E-state index is -0.382. The molecule has 1 aromatic rings. The minimum absolute atomic E-state index is 0.0669. The van der Waals surface area contributed by atoms with Crippen molar-refractivity contribution in [2.45, 2.75) is 32.9 Å². The fourth-order valence-electron chi connectivity index (χ4n) is 1.96. The molecule has 0 aromatic heterocycles. The van der Waals surface area contributed by atoms with Gasteiger partial charge in [-0.15, -0.1) is 6.58 Å². The average molecular weight is 290 g/mol. The number of amides is 1. The lowest BCUT2D eigenvalue weighted by molar-refractivity contribution is -0.217. The molecule has 0 atom stereocenters. The third-order valence-corrected chi connectivity index (χ3v) is 2.76. The highest BCUT2D eigenvalue weighted by Crippen LogP contribution is 2.10. The quantitative estimate of drug-likeness (QED) is 0.572. The Labute approximate surface area is 128 Å². The molecule has 4 heteroatoms. The zero-order chi connectivity index (χ0) is 15.9. The number of carbonyl (C=O) groups is 1. The fraction of sp³-hybridized carbons (Fsp3) is 0.471. The van der Waals surface area contributed by atoms with E-state index in [-0.39, 0.29) is 11.5 Å². The van der Waals surface area contributed by atoms with E-state index in [0.717, 1.165) is 0 Å². The summed E-state index contributed by atoms with van der Waals surface area (Å²) in [4.78, 5) is 19.8. The lowest BCUT2D eigenvalue weighted by Crippen LogP contribution is -2.41. The van der Waals surface area contributed by atoms with Crippen molar-refractivity contribution in [3.05, 3.63) is 48.6 Å². The Morgan fingerprint density at radius 2 is 1.90 bits per heavy atom. The first kappa shape index (κ1) is 17.4. The van der Waals surface area contributed by atoms with Crippen molar-refractivity contribution in [3.63, 3.8) is 0 Å². The maximum absolute atomic E-state index is 12.2. The van der Waals surface area contributed by atoms with Crippen molar-refractivity contribution in [1.29, 1.82) is 0 Å². The molecule has 1 rings (SSSR count). The summed E-state index contributed by atoms with van der Waals surface area (Å²) in [6.45, 7) is 11.2. The van der Waals surface area contributed by atoms with Crippen LogP contribution in [-0.2, 0) is 16.2 Å². The van der Waals surface area contributed by atoms with Crippen LogP contribution in [-0.4, -0.2) is 41.6 Å². The molecule has 0 unspecified atom stereocenters. The number of hydrogen-bond acceptors (Lipinski definition) is 3. The summed E-state index contributed by atoms with van der Waals surface area (Å²) in [7, 11) is 1.65. The topological polar surface area (TPSA) is 32.8 Å². The maximum Gasteiger partial charge on any atom is 0.260 e. The SMILES string of the molecule is C=CCN(CC(=O)N(C)OC(C)(C)C)Cc1ccccc1. The van der Waals surface area contributed by atoms with Gasteiger partial charge in [0.2, 0.25) is 0 Å². The Balaban J connectivity index is 2.61. The van der Waals surface area contributed by atoms with E-state index in [2.05, 4.69) is 18.7 Å². The normalized spacial score (nSPS) is 11.5. The van der Waals surface area contributed by atoms with Gasteiger partial charge < -0.3 is 0 Å². The van der Waals surface area contributed by atoms with Gasteiger partial charge in [0.15, 0.2) is 0 Å². The molecule has 0 aliphatic carbocycles. The molecule has 0 heterocycles. The van der Waals surface area contributed by atoms with Crippen LogP contribution in [0, 0.1) is 0 Å². The largest absolute Gasteiger partial charge is 0.286 e. The summed E-state index contributed by atoms with van der Waals surface area (Å²) in [5, 5.41) is 1.32. The number of hydrogen-bond donors (Lipinski definition) is 0. The summed E-state index contributed by atoms with van der Waals surface area (Å²) in [6.07, 6.45) is 1.81. The first-order valence-electron chi connectivity index (χ1n) is 7.14. The van der Waals surface area contributed by atoms with E-state index in [1.54, 1.807) is 13.1 Å². The highest BCUT2D eigenvalue weighted by atomic mass is 16.7. The lowest BCUT2D eigenvalue weighted by Gasteiger charge is -2.29. The molecule has 116 valence electrons. The van der Waals surface area contributed by atoms with Crippen LogP contribution >= 0.6 is 0 Å². The second-order valence-corrected chi connectivity index (χ2v) is 6.04. The summed E-state index contributed by atoms with van der Waals surface area (Å²) in [5.74, 6) is -0.0669. The summed E-state index contributed by atoms with van der Waals surface area (Å²) in [6, 6.07) is 10.1. The average Bonchev–Trinajstić information content (AvgIpc) is 2.38. The van der Waals surface area contributed by atoms with Gasteiger partial charge in [-0.05, 0) is 26.3 Å². The van der Waals surface area contributed by atoms with Gasteiger partial charge in [-0.3, -0.25) is 14.5 Å². The molecule has 0 bridgehead atoms. The van der Waals surface area contributed by atoms with Crippen molar-refractivity contribution in [3.8, 4) is 0 Å². The maximum atomic E-state index is 12.2. The predicted octanol–water partition coefficient (Wildman–Crippen LogP) is 2.86. The Kier molecular flexibility index (Phi) is 6.59. The van der Waals surface area contributed by atoms with Crippen molar-refractivity contribution < 1.29 is 9.63 Å². The molecule has 0 aliphatic heterocycles. The number of benzene rings is 1. The molecule has 0 aliphatic rings. The van der Waals surface area contributed by atoms with Gasteiger partial charge in [0.1, 0.15) is 0 Å². The van der Waals surface area contributed by atoms with Crippen LogP contribution in [0.4, 0.5) is 0 Å². The molecule has 0 saturated heterocycles. The molecular formula is C17H26N2O2. The zero-order valence-electron chi connectivity index (χ0n) is 13.5. The van der Waals surface area contributed by atoms with Crippen LogP contribution in [0.3, 0.4) is 0 Å². The monoisotopic (exact) mass is 290 g/mol. The molecule has 0 saturated carbocycles. The smallest absolute Gasteiger partial charge is 0.260 e. The van der Waals surface area contributed by atoms with Gasteiger partial charge in [0, 0.05) is 20.1 Å². The van der Waals surface area contributed by atoms with Crippen LogP contribution in [0.1, 0.15) is 26.3 Å². The minimum Gasteiger partial charge on any atom is -0.286 e. The molecule has 4 nitrogen and oxygen atoms in total. The second kappa shape index (κ2) is 7.96. The van der Waals surface area contributed by atoms with Crippen molar-refractivity contribution in [2.24, 2.45) is 0 Å². The van der Waals surface area contributed by atoms with E-state index in [1.807, 2.05) is 43.9 Å². The van der Waals surface area contributed by atoms with Gasteiger partial charge >= 0.3 is 0 Å². The number of nitrogens with zero attached hydrogens (tertiary/aromatic N) is 2. The van der Waals surface area contributed by atoms with Gasteiger partial charge in [0.05, 0.1) is 12.1 Å². The number of carbonyl (C=O) groups excluding carboxylic acids is 1. The first-order chi connectivity index (χ1) is 9.81. The molecule has 0 fully saturated rings. The standard InChI is InChI=1S/C17H26N2O2/c1-6-12-19(13-15-10-8-7-9-11-15)14-16(20)18(5)21-17(2,3)4/h6-11H,1,12-14H2,2-5H3. The Morgan fingerprint density at radius 3 is 2.43 bits per heavy atom. The third-order valence-electron chi connectivity index (χ3n) is 2.76. The van der Waals surface area contributed by atoms with Crippen LogP contribution in [0.15, 0.2) is 43.0 Å². The number of hydroxylamine groups is 2. The van der Waals surface area contributed by atoms with E-state index in [1.165, 1.54) is 10.6 Å². The Bertz CT molecular complexity index is 452. The molecule has 1 amide bonds. The highest BCUT2D eigenvalue weighted by molar-refractivity contribution is 5.77. The predicted molar refractivity (Wildman–Crippen MR) is 85.5 cm³/mol. The number of rotatable bonds is 7. The van der Waals surface area contributed by atoms with Gasteiger partial charge in [-0.25, -0.2) is 5.06 Å². The van der Waals surface area contributed by atoms with Gasteiger partial charge in [-0.2, -0.15) is 0 Å². The highest BCUT2D eigenvalue weighted by Gasteiger charge is 2.20. The van der Waals surface area contributed by atoms with E-state index in [9.17, 15) is 4.79 Å². The zero-order valence-corrected chi connectivity index (χ0v) is 13.5. The molecule has 1 aromatic carbocycles. The molecular weight excluding hydrogens is 264 g/mol. The Hall–Kier alpha value is -1.65. The third kappa shape index (κ3) is 7.06. The van der Waals surface area contributed by atoms with Crippen LogP contribution in [0.2, 0.25) is 0 Å². The van der Waals surface area contributed by atoms with Crippen molar-refractivity contribution in [2.75, 3.05) is 20.1 Å². The molecule has 21 heavy (non-hydrogen) atoms. The number of likely N-dealkylation sites (N-methyl/N-ethyl adjacent to an activating group) is 1. The van der Waals surface area contributed by atoms with E-state index >= 15 is 0 Å². The van der Waals surface area contributed by atoms with E-state index in [0.29, 0.717) is 19.6 Å². The lowest BCUT2D eigenvalue weighted by atomic mass is 10.2. The van der Waals surface area contributed by atoms with Crippen LogP contribution < -0.4 is 0 Å². The van der Waals surface area contributed by atoms with Gasteiger partial charge in [-0.1, -0.05) is 36.4 Å². The van der Waals surface area contributed by atoms with Crippen molar-refractivity contribution >= 4 is 5.91 Å². The molecule has 0 N–H and O–H groups in total. The second-order valence-electron chi connectivity index (χ2n) is 6.04. The van der Waals surface area contributed by atoms with Crippen molar-refractivity contribution in [1.82, 2.24) is 9.96 Å². The molecule has 0 radical (unpaired) electrons. The van der Waals surface area contributed by atoms with Crippen LogP contribution in [0.5, 0.6) is 0 Å². The summed E-state index contributed by atoms with van der Waals surface area (Å²) in [5.41, 5.74) is 0.791. The molecule has 0 spiro atoms. The van der Waals surface area contributed by atoms with Gasteiger partial charge in [0.25, 0.3) is 5.91 Å². The van der Waals surface area contributed by atoms with E-state index in [4.69, 9.17) is 4.84 Å². The summed E-state index contributed by atoms with van der Waals surface area (Å²) < 4.78 is 0. The Morgan fingerprint density at radius 1 is 1.29 bits per heavy atom. The summed E-state index contributed by atoms with van der Waals surface area (Å²) >= 11 is 0. The fourth-order valence-corrected chi connectivity index (χ4v) is 1.96. The first-order valence-corrected chi connectivity index (χ1v) is 7.14. The van der Waals surface area contributed by atoms with Crippen LogP contribution in [0.25, 0.3) is 0 Å².